The maximum Gasteiger partial charge on any atom is 0.229 e. The van der Waals surface area contributed by atoms with Gasteiger partial charge in [-0.3, -0.25) is 4.48 Å². The van der Waals surface area contributed by atoms with Crippen LogP contribution < -0.4 is 0 Å². The molecule has 1 aliphatic rings. The molecule has 0 radical (unpaired) electrons. The first-order chi connectivity index (χ1) is 4.77. The summed E-state index contributed by atoms with van der Waals surface area (Å²) < 4.78 is 0.535. The Morgan fingerprint density at radius 1 is 1.60 bits per heavy atom. The van der Waals surface area contributed by atoms with Crippen LogP contribution in [0.15, 0.2) is 29.6 Å². The maximum absolute atomic E-state index is 8.28. The molecule has 1 unspecified atom stereocenters. The molecule has 0 aromatic carbocycles. The predicted molar refractivity (Wildman–Crippen MR) is 39.6 cm³/mol. The van der Waals surface area contributed by atoms with Gasteiger partial charge < -0.3 is 5.21 Å². The lowest BCUT2D eigenvalue weighted by atomic mass is 10.3. The third-order valence-electron chi connectivity index (χ3n) is 1.49. The molecule has 0 aromatic heterocycles. The van der Waals surface area contributed by atoms with Crippen molar-refractivity contribution in [3.8, 4) is 0 Å². The second kappa shape index (κ2) is 2.66. The minimum Gasteiger partial charge on any atom is -0.407 e. The van der Waals surface area contributed by atoms with Crippen LogP contribution in [0.4, 0.5) is 0 Å². The molecule has 1 N–H and O–H groups in total. The van der Waals surface area contributed by atoms with E-state index in [2.05, 4.69) is 5.16 Å². The highest BCUT2D eigenvalue weighted by molar-refractivity contribution is 5.46. The lowest BCUT2D eigenvalue weighted by Crippen LogP contribution is -2.37. The zero-order chi connectivity index (χ0) is 7.45. The van der Waals surface area contributed by atoms with Gasteiger partial charge in [0.05, 0.1) is 7.05 Å². The number of oxime groups is 1. The lowest BCUT2D eigenvalue weighted by Gasteiger charge is -2.23. The van der Waals surface area contributed by atoms with Gasteiger partial charge in [-0.05, 0) is 17.3 Å². The maximum atomic E-state index is 8.28. The van der Waals surface area contributed by atoms with E-state index in [1.165, 1.54) is 6.34 Å². The average molecular weight is 139 g/mol. The van der Waals surface area contributed by atoms with Crippen molar-refractivity contribution in [1.82, 2.24) is 0 Å². The fourth-order valence-electron chi connectivity index (χ4n) is 0.877. The highest BCUT2D eigenvalue weighted by atomic mass is 16.4. The Morgan fingerprint density at radius 3 is 2.90 bits per heavy atom. The van der Waals surface area contributed by atoms with E-state index in [0.717, 1.165) is 6.54 Å². The van der Waals surface area contributed by atoms with E-state index in [0.29, 0.717) is 4.48 Å². The smallest absolute Gasteiger partial charge is 0.229 e. The SMILES string of the molecule is C[N+]1(/C=N\O)C=CC=CC1. The largest absolute Gasteiger partial charge is 0.407 e. The molecule has 0 fully saturated rings. The van der Waals surface area contributed by atoms with Crippen molar-refractivity contribution in [2.45, 2.75) is 0 Å². The summed E-state index contributed by atoms with van der Waals surface area (Å²) in [5.74, 6) is 0. The van der Waals surface area contributed by atoms with Gasteiger partial charge in [-0.25, -0.2) is 0 Å². The highest BCUT2D eigenvalue weighted by Crippen LogP contribution is 2.04. The Balaban J connectivity index is 2.70. The van der Waals surface area contributed by atoms with E-state index in [4.69, 9.17) is 5.21 Å². The molecule has 1 heterocycles. The zero-order valence-electron chi connectivity index (χ0n) is 5.94. The third kappa shape index (κ3) is 1.45. The fourth-order valence-corrected chi connectivity index (χ4v) is 0.877. The summed E-state index contributed by atoms with van der Waals surface area (Å²) in [5, 5.41) is 11.3. The third-order valence-corrected chi connectivity index (χ3v) is 1.49. The normalized spacial score (nSPS) is 31.7. The Bertz CT molecular complexity index is 196. The Hall–Kier alpha value is -1.09. The van der Waals surface area contributed by atoms with Gasteiger partial charge in [-0.15, -0.1) is 0 Å². The summed E-state index contributed by atoms with van der Waals surface area (Å²) in [4.78, 5) is 0. The van der Waals surface area contributed by atoms with Gasteiger partial charge in [0, 0.05) is 0 Å². The van der Waals surface area contributed by atoms with Gasteiger partial charge in [-0.2, -0.15) is 0 Å². The Morgan fingerprint density at radius 2 is 2.40 bits per heavy atom. The summed E-state index contributed by atoms with van der Waals surface area (Å²) in [6.07, 6.45) is 9.39. The fraction of sp³-hybridized carbons (Fsp3) is 0.286. The van der Waals surface area contributed by atoms with Gasteiger partial charge in [0.15, 0.2) is 0 Å². The molecule has 0 aromatic rings. The molecule has 54 valence electrons. The molecule has 1 aliphatic heterocycles. The number of hydrogen-bond donors (Lipinski definition) is 1. The van der Waals surface area contributed by atoms with E-state index in [-0.39, 0.29) is 0 Å². The van der Waals surface area contributed by atoms with Gasteiger partial charge in [-0.1, -0.05) is 6.08 Å². The topological polar surface area (TPSA) is 32.6 Å². The van der Waals surface area contributed by atoms with Crippen LogP contribution in [-0.4, -0.2) is 29.6 Å². The van der Waals surface area contributed by atoms with Gasteiger partial charge >= 0.3 is 0 Å². The van der Waals surface area contributed by atoms with E-state index in [1.54, 1.807) is 0 Å². The van der Waals surface area contributed by atoms with Crippen LogP contribution in [0.25, 0.3) is 0 Å². The van der Waals surface area contributed by atoms with Crippen molar-refractivity contribution < 1.29 is 9.69 Å². The molecule has 0 amide bonds. The molecular weight excluding hydrogens is 128 g/mol. The number of nitrogens with zero attached hydrogens (tertiary/aromatic N) is 2. The molecule has 1 atom stereocenters. The van der Waals surface area contributed by atoms with Crippen LogP contribution in [0.5, 0.6) is 0 Å². The molecule has 0 bridgehead atoms. The van der Waals surface area contributed by atoms with Crippen molar-refractivity contribution in [2.24, 2.45) is 5.16 Å². The van der Waals surface area contributed by atoms with Gasteiger partial charge in [0.25, 0.3) is 0 Å². The minimum absolute atomic E-state index is 0.535. The number of likely N-dealkylation sites (N-methyl/N-ethyl adjacent to an activating group) is 1. The summed E-state index contributed by atoms with van der Waals surface area (Å²) in [6, 6.07) is 0. The second-order valence-corrected chi connectivity index (χ2v) is 2.53. The molecule has 0 saturated carbocycles. The standard InChI is InChI=1S/C7H10N2O/c1-9(7-8-10)5-3-2-4-6-9/h2-5,7H,6H2,1H3/p+1/b8-7-. The van der Waals surface area contributed by atoms with E-state index in [1.807, 2.05) is 31.5 Å². The van der Waals surface area contributed by atoms with Crippen LogP contribution in [0.1, 0.15) is 0 Å². The van der Waals surface area contributed by atoms with Crippen molar-refractivity contribution in [3.05, 3.63) is 24.4 Å². The van der Waals surface area contributed by atoms with Crippen LogP contribution in [0, 0.1) is 0 Å². The number of hydrogen-bond acceptors (Lipinski definition) is 2. The average Bonchev–Trinajstić information content (AvgIpc) is 1.89. The molecule has 10 heavy (non-hydrogen) atoms. The zero-order valence-corrected chi connectivity index (χ0v) is 5.94. The lowest BCUT2D eigenvalue weighted by molar-refractivity contribution is -0.753. The van der Waals surface area contributed by atoms with E-state index in [9.17, 15) is 0 Å². The monoisotopic (exact) mass is 139 g/mol. The number of allylic oxidation sites excluding steroid dienone is 2. The van der Waals surface area contributed by atoms with Crippen LogP contribution >= 0.6 is 0 Å². The molecule has 3 nitrogen and oxygen atoms in total. The molecule has 1 rings (SSSR count). The summed E-state index contributed by atoms with van der Waals surface area (Å²) in [7, 11) is 1.96. The summed E-state index contributed by atoms with van der Waals surface area (Å²) in [6.45, 7) is 0.848. The minimum atomic E-state index is 0.535. The van der Waals surface area contributed by atoms with E-state index < -0.39 is 0 Å². The first-order valence-corrected chi connectivity index (χ1v) is 3.15. The summed E-state index contributed by atoms with van der Waals surface area (Å²) >= 11 is 0. The van der Waals surface area contributed by atoms with Crippen LogP contribution in [0.3, 0.4) is 0 Å². The van der Waals surface area contributed by atoms with Crippen molar-refractivity contribution in [2.75, 3.05) is 13.6 Å². The molecule has 3 heteroatoms. The van der Waals surface area contributed by atoms with Crippen molar-refractivity contribution in [3.63, 3.8) is 0 Å². The first-order valence-electron chi connectivity index (χ1n) is 3.15. The highest BCUT2D eigenvalue weighted by Gasteiger charge is 2.15. The van der Waals surface area contributed by atoms with E-state index >= 15 is 0 Å². The van der Waals surface area contributed by atoms with Crippen LogP contribution in [0.2, 0.25) is 0 Å². The van der Waals surface area contributed by atoms with Crippen LogP contribution in [-0.2, 0) is 0 Å². The molecule has 0 spiro atoms. The molecule has 0 aliphatic carbocycles. The van der Waals surface area contributed by atoms with Gasteiger partial charge in [0.1, 0.15) is 12.7 Å². The Kier molecular flexibility index (Phi) is 1.87. The number of rotatable bonds is 1. The molecule has 0 saturated heterocycles. The predicted octanol–water partition coefficient (Wildman–Crippen LogP) is 0.934. The quantitative estimate of drug-likeness (QED) is 0.189. The molecular formula is C7H11N2O+. The summed E-state index contributed by atoms with van der Waals surface area (Å²) in [5.41, 5.74) is 0. The van der Waals surface area contributed by atoms with Gasteiger partial charge in [0.2, 0.25) is 6.34 Å². The van der Waals surface area contributed by atoms with Crippen molar-refractivity contribution in [1.29, 1.82) is 0 Å². The second-order valence-electron chi connectivity index (χ2n) is 2.53. The Labute approximate surface area is 60.2 Å². The van der Waals surface area contributed by atoms with Crippen molar-refractivity contribution >= 4 is 6.34 Å². The first kappa shape index (κ1) is 7.02. The number of quaternary nitrogens is 1.